The number of nitrogens with one attached hydrogen (secondary N) is 1. The lowest BCUT2D eigenvalue weighted by Gasteiger charge is -2.23. The van der Waals surface area contributed by atoms with E-state index in [0.29, 0.717) is 0 Å². The van der Waals surface area contributed by atoms with E-state index in [0.717, 1.165) is 37.3 Å². The highest BCUT2D eigenvalue weighted by Gasteiger charge is 2.22. The lowest BCUT2D eigenvalue weighted by molar-refractivity contribution is 0.299. The first-order chi connectivity index (χ1) is 8.81. The first-order valence-corrected chi connectivity index (χ1v) is 7.26. The Morgan fingerprint density at radius 1 is 1.11 bits per heavy atom. The van der Waals surface area contributed by atoms with Crippen molar-refractivity contribution in [3.8, 4) is 5.75 Å². The molecule has 2 aliphatic rings. The molecule has 1 aromatic rings. The molecule has 2 fully saturated rings. The molecule has 2 heteroatoms. The van der Waals surface area contributed by atoms with Gasteiger partial charge in [-0.05, 0) is 80.8 Å². The van der Waals surface area contributed by atoms with Crippen LogP contribution < -0.4 is 10.1 Å². The van der Waals surface area contributed by atoms with Crippen molar-refractivity contribution in [1.82, 2.24) is 5.32 Å². The summed E-state index contributed by atoms with van der Waals surface area (Å²) in [4.78, 5) is 0. The van der Waals surface area contributed by atoms with Crippen LogP contribution in [0.15, 0.2) is 18.2 Å². The second-order valence-corrected chi connectivity index (χ2v) is 5.86. The van der Waals surface area contributed by atoms with Gasteiger partial charge in [0.1, 0.15) is 5.75 Å². The van der Waals surface area contributed by atoms with Gasteiger partial charge in [-0.25, -0.2) is 0 Å². The molecule has 18 heavy (non-hydrogen) atoms. The lowest BCUT2D eigenvalue weighted by Crippen LogP contribution is -2.26. The van der Waals surface area contributed by atoms with E-state index < -0.39 is 0 Å². The molecule has 1 N–H and O–H groups in total. The first-order valence-electron chi connectivity index (χ1n) is 7.26. The summed E-state index contributed by atoms with van der Waals surface area (Å²) in [6.45, 7) is 5.39. The van der Waals surface area contributed by atoms with E-state index in [1.54, 1.807) is 0 Å². The van der Waals surface area contributed by atoms with Crippen LogP contribution in [-0.2, 0) is 0 Å². The highest BCUT2D eigenvalue weighted by Crippen LogP contribution is 2.32. The van der Waals surface area contributed by atoms with E-state index in [9.17, 15) is 0 Å². The molecule has 1 aliphatic carbocycles. The molecule has 0 bridgehead atoms. The minimum absolute atomic E-state index is 0.717. The van der Waals surface area contributed by atoms with Gasteiger partial charge in [-0.2, -0.15) is 0 Å². The van der Waals surface area contributed by atoms with Crippen LogP contribution in [0.3, 0.4) is 0 Å². The van der Waals surface area contributed by atoms with Gasteiger partial charge in [-0.3, -0.25) is 0 Å². The monoisotopic (exact) mass is 245 g/mol. The summed E-state index contributed by atoms with van der Waals surface area (Å²) in [5.41, 5.74) is 2.80. The molecule has 1 aliphatic heterocycles. The number of aryl methyl sites for hydroxylation is 1. The maximum atomic E-state index is 5.93. The zero-order valence-electron chi connectivity index (χ0n) is 11.2. The summed E-state index contributed by atoms with van der Waals surface area (Å²) in [5.74, 6) is 2.62. The van der Waals surface area contributed by atoms with E-state index in [1.807, 2.05) is 0 Å². The molecule has 1 saturated heterocycles. The van der Waals surface area contributed by atoms with Crippen molar-refractivity contribution in [2.75, 3.05) is 19.7 Å². The summed E-state index contributed by atoms with van der Waals surface area (Å²) in [5, 5.41) is 3.43. The highest BCUT2D eigenvalue weighted by atomic mass is 16.5. The summed E-state index contributed by atoms with van der Waals surface area (Å²) in [6, 6.07) is 6.78. The Bertz CT molecular complexity index is 406. The van der Waals surface area contributed by atoms with Crippen molar-refractivity contribution >= 4 is 0 Å². The van der Waals surface area contributed by atoms with Gasteiger partial charge in [0, 0.05) is 0 Å². The van der Waals surface area contributed by atoms with Gasteiger partial charge in [0.15, 0.2) is 0 Å². The quantitative estimate of drug-likeness (QED) is 0.879. The van der Waals surface area contributed by atoms with Crippen LogP contribution in [0.25, 0.3) is 0 Å². The molecule has 0 atom stereocenters. The van der Waals surface area contributed by atoms with Crippen LogP contribution in [0.4, 0.5) is 0 Å². The third-order valence-electron chi connectivity index (χ3n) is 4.07. The molecule has 1 heterocycles. The Kier molecular flexibility index (Phi) is 3.55. The van der Waals surface area contributed by atoms with Crippen molar-refractivity contribution in [2.45, 2.75) is 38.5 Å². The Labute approximate surface area is 110 Å². The Morgan fingerprint density at radius 2 is 1.89 bits per heavy atom. The molecule has 0 amide bonds. The van der Waals surface area contributed by atoms with Crippen LogP contribution >= 0.6 is 0 Å². The third kappa shape index (κ3) is 3.05. The third-order valence-corrected chi connectivity index (χ3v) is 4.07. The normalized spacial score (nSPS) is 20.9. The topological polar surface area (TPSA) is 21.3 Å². The maximum absolute atomic E-state index is 5.93. The average molecular weight is 245 g/mol. The SMILES string of the molecule is Cc1cc(OCC2CC2)cc(C2CCNCC2)c1. The standard InChI is InChI=1S/C16H23NO/c1-12-8-15(14-4-6-17-7-5-14)10-16(9-12)18-11-13-2-3-13/h8-10,13-14,17H,2-7,11H2,1H3. The summed E-state index contributed by atoms with van der Waals surface area (Å²) >= 11 is 0. The summed E-state index contributed by atoms with van der Waals surface area (Å²) in [6.07, 6.45) is 5.22. The summed E-state index contributed by atoms with van der Waals surface area (Å²) in [7, 11) is 0. The largest absolute Gasteiger partial charge is 0.493 e. The molecule has 0 radical (unpaired) electrons. The minimum atomic E-state index is 0.717. The predicted octanol–water partition coefficient (Wildman–Crippen LogP) is 3.25. The van der Waals surface area contributed by atoms with Crippen molar-refractivity contribution in [3.63, 3.8) is 0 Å². The number of hydrogen-bond acceptors (Lipinski definition) is 2. The van der Waals surface area contributed by atoms with Gasteiger partial charge in [0.25, 0.3) is 0 Å². The first kappa shape index (κ1) is 12.0. The summed E-state index contributed by atoms with van der Waals surface area (Å²) < 4.78 is 5.93. The van der Waals surface area contributed by atoms with Crippen molar-refractivity contribution < 1.29 is 4.74 Å². The van der Waals surface area contributed by atoms with Crippen molar-refractivity contribution in [3.05, 3.63) is 29.3 Å². The fourth-order valence-corrected chi connectivity index (χ4v) is 2.75. The molecule has 2 nitrogen and oxygen atoms in total. The van der Waals surface area contributed by atoms with Crippen LogP contribution in [0, 0.1) is 12.8 Å². The van der Waals surface area contributed by atoms with Gasteiger partial charge in [0.2, 0.25) is 0 Å². The molecule has 3 rings (SSSR count). The van der Waals surface area contributed by atoms with Crippen molar-refractivity contribution in [2.24, 2.45) is 5.92 Å². The van der Waals surface area contributed by atoms with Gasteiger partial charge in [0.05, 0.1) is 6.61 Å². The van der Waals surface area contributed by atoms with Gasteiger partial charge < -0.3 is 10.1 Å². The number of ether oxygens (including phenoxy) is 1. The van der Waals surface area contributed by atoms with Gasteiger partial charge in [-0.15, -0.1) is 0 Å². The second kappa shape index (κ2) is 5.31. The molecule has 0 unspecified atom stereocenters. The van der Waals surface area contributed by atoms with E-state index in [4.69, 9.17) is 4.74 Å². The predicted molar refractivity (Wildman–Crippen MR) is 74.2 cm³/mol. The van der Waals surface area contributed by atoms with E-state index in [-0.39, 0.29) is 0 Å². The van der Waals surface area contributed by atoms with Crippen LogP contribution in [0.5, 0.6) is 5.75 Å². The average Bonchev–Trinajstić information content (AvgIpc) is 3.21. The Hall–Kier alpha value is -1.02. The van der Waals surface area contributed by atoms with Crippen molar-refractivity contribution in [1.29, 1.82) is 0 Å². The lowest BCUT2D eigenvalue weighted by atomic mass is 9.89. The number of hydrogen-bond donors (Lipinski definition) is 1. The fraction of sp³-hybridized carbons (Fsp3) is 0.625. The molecular weight excluding hydrogens is 222 g/mol. The van der Waals surface area contributed by atoms with Crippen LogP contribution in [0.1, 0.15) is 42.7 Å². The maximum Gasteiger partial charge on any atom is 0.119 e. The Morgan fingerprint density at radius 3 is 2.61 bits per heavy atom. The van der Waals surface area contributed by atoms with E-state index >= 15 is 0 Å². The highest BCUT2D eigenvalue weighted by molar-refractivity contribution is 5.36. The number of piperidine rings is 1. The van der Waals surface area contributed by atoms with Gasteiger partial charge in [-0.1, -0.05) is 6.07 Å². The molecular formula is C16H23NO. The van der Waals surface area contributed by atoms with E-state index in [2.05, 4.69) is 30.4 Å². The smallest absolute Gasteiger partial charge is 0.119 e. The Balaban J connectivity index is 1.71. The zero-order valence-corrected chi connectivity index (χ0v) is 11.2. The molecule has 0 aromatic heterocycles. The van der Waals surface area contributed by atoms with Crippen LogP contribution in [0.2, 0.25) is 0 Å². The molecule has 0 spiro atoms. The second-order valence-electron chi connectivity index (χ2n) is 5.86. The van der Waals surface area contributed by atoms with E-state index in [1.165, 1.54) is 36.8 Å². The number of benzene rings is 1. The zero-order chi connectivity index (χ0) is 12.4. The molecule has 1 aromatic carbocycles. The molecule has 98 valence electrons. The molecule has 1 saturated carbocycles. The fourth-order valence-electron chi connectivity index (χ4n) is 2.75. The number of rotatable bonds is 4. The van der Waals surface area contributed by atoms with Gasteiger partial charge >= 0.3 is 0 Å². The minimum Gasteiger partial charge on any atom is -0.493 e. The van der Waals surface area contributed by atoms with Crippen LogP contribution in [-0.4, -0.2) is 19.7 Å².